The van der Waals surface area contributed by atoms with Crippen molar-refractivity contribution in [3.63, 3.8) is 0 Å². The summed E-state index contributed by atoms with van der Waals surface area (Å²) in [5, 5.41) is 2.13. The molecule has 0 radical (unpaired) electrons. The number of hydrogen-bond donors (Lipinski definition) is 0. The molecule has 2 heterocycles. The van der Waals surface area contributed by atoms with Gasteiger partial charge in [-0.15, -0.1) is 0 Å². The normalized spacial score (nSPS) is 12.8. The second kappa shape index (κ2) is 12.2. The monoisotopic (exact) mass is 692 g/mol. The molecule has 0 unspecified atom stereocenters. The summed E-state index contributed by atoms with van der Waals surface area (Å²) >= 11 is 0. The van der Waals surface area contributed by atoms with Gasteiger partial charge in [0.15, 0.2) is 23.2 Å². The summed E-state index contributed by atoms with van der Waals surface area (Å²) < 4.78 is 6.52. The molecular weight excluding hydrogens is 661 g/mol. The maximum atomic E-state index is 7.37. The lowest BCUT2D eigenvalue weighted by molar-refractivity contribution is 0.660. The van der Waals surface area contributed by atoms with Crippen LogP contribution in [0.1, 0.15) is 25.0 Å². The fraction of sp³-hybridized carbons (Fsp3) is 0.0612. The van der Waals surface area contributed by atoms with E-state index in [1.807, 2.05) is 54.6 Å². The van der Waals surface area contributed by atoms with Crippen LogP contribution < -0.4 is 0 Å². The summed E-state index contributed by atoms with van der Waals surface area (Å²) in [6.07, 6.45) is 0. The standard InChI is InChI=1S/C49H32N4O/c1-49(2)40-19-8-7-16-37(40)44-39(18-10-20-41(44)49)48-52-46(33-15-9-14-32(28-33)30-22-25-35(50-3)26-23-30)51-47(53-48)34-24-27-38-43(29-34)54-42-21-11-17-36(45(38)42)31-12-5-4-6-13-31/h4-29H,1-2H3. The van der Waals surface area contributed by atoms with Crippen molar-refractivity contribution in [1.29, 1.82) is 0 Å². The van der Waals surface area contributed by atoms with Gasteiger partial charge in [0, 0.05) is 32.9 Å². The molecule has 0 amide bonds. The molecule has 54 heavy (non-hydrogen) atoms. The summed E-state index contributed by atoms with van der Waals surface area (Å²) in [7, 11) is 0. The van der Waals surface area contributed by atoms with E-state index < -0.39 is 0 Å². The second-order valence-corrected chi connectivity index (χ2v) is 14.3. The molecular formula is C49H32N4O. The van der Waals surface area contributed by atoms with Gasteiger partial charge in [0.1, 0.15) is 11.2 Å². The Labute approximate surface area is 313 Å². The maximum Gasteiger partial charge on any atom is 0.187 e. The molecule has 0 N–H and O–H groups in total. The highest BCUT2D eigenvalue weighted by molar-refractivity contribution is 6.13. The van der Waals surface area contributed by atoms with Crippen molar-refractivity contribution in [3.05, 3.63) is 180 Å². The van der Waals surface area contributed by atoms with E-state index in [2.05, 4.69) is 122 Å². The smallest absolute Gasteiger partial charge is 0.187 e. The maximum absolute atomic E-state index is 7.37. The summed E-state index contributed by atoms with van der Waals surface area (Å²) in [5.41, 5.74) is 14.0. The Balaban J connectivity index is 1.17. The number of furan rings is 1. The van der Waals surface area contributed by atoms with E-state index in [4.69, 9.17) is 25.9 Å². The average Bonchev–Trinajstić information content (AvgIpc) is 3.72. The van der Waals surface area contributed by atoms with E-state index in [-0.39, 0.29) is 5.41 Å². The molecule has 0 fully saturated rings. The Bertz CT molecular complexity index is 2970. The first-order chi connectivity index (χ1) is 26.5. The molecule has 0 atom stereocenters. The molecule has 0 aliphatic heterocycles. The van der Waals surface area contributed by atoms with E-state index in [9.17, 15) is 0 Å². The lowest BCUT2D eigenvalue weighted by Gasteiger charge is -2.21. The van der Waals surface area contributed by atoms with Crippen molar-refractivity contribution in [2.75, 3.05) is 0 Å². The van der Waals surface area contributed by atoms with Crippen molar-refractivity contribution in [2.24, 2.45) is 0 Å². The molecule has 10 rings (SSSR count). The lowest BCUT2D eigenvalue weighted by Crippen LogP contribution is -2.14. The van der Waals surface area contributed by atoms with Gasteiger partial charge < -0.3 is 4.42 Å². The van der Waals surface area contributed by atoms with E-state index >= 15 is 0 Å². The largest absolute Gasteiger partial charge is 0.456 e. The quantitative estimate of drug-likeness (QED) is 0.169. The van der Waals surface area contributed by atoms with E-state index in [0.29, 0.717) is 23.2 Å². The zero-order valence-electron chi connectivity index (χ0n) is 29.7. The summed E-state index contributed by atoms with van der Waals surface area (Å²) in [4.78, 5) is 19.2. The summed E-state index contributed by atoms with van der Waals surface area (Å²) in [6, 6.07) is 53.9. The van der Waals surface area contributed by atoms with Gasteiger partial charge in [0.2, 0.25) is 0 Å². The number of benzene rings is 7. The molecule has 2 aromatic heterocycles. The lowest BCUT2D eigenvalue weighted by atomic mass is 9.82. The van der Waals surface area contributed by atoms with Crippen LogP contribution in [0.5, 0.6) is 0 Å². The fourth-order valence-corrected chi connectivity index (χ4v) is 8.08. The van der Waals surface area contributed by atoms with Crippen LogP contribution in [0, 0.1) is 6.57 Å². The number of hydrogen-bond acceptors (Lipinski definition) is 4. The Hall–Kier alpha value is -7.16. The molecule has 0 saturated carbocycles. The number of rotatable bonds is 5. The van der Waals surface area contributed by atoms with Crippen molar-refractivity contribution < 1.29 is 4.42 Å². The van der Waals surface area contributed by atoms with Crippen LogP contribution in [-0.4, -0.2) is 15.0 Å². The number of fused-ring (bicyclic) bond motifs is 6. The summed E-state index contributed by atoms with van der Waals surface area (Å²) in [6.45, 7) is 11.9. The third-order valence-corrected chi connectivity index (χ3v) is 10.8. The molecule has 0 spiro atoms. The first-order valence-electron chi connectivity index (χ1n) is 18.1. The molecule has 0 bridgehead atoms. The molecule has 254 valence electrons. The van der Waals surface area contributed by atoms with E-state index in [1.54, 1.807) is 0 Å². The van der Waals surface area contributed by atoms with Gasteiger partial charge in [-0.05, 0) is 68.8 Å². The van der Waals surface area contributed by atoms with Crippen LogP contribution in [0.15, 0.2) is 162 Å². The highest BCUT2D eigenvalue weighted by Crippen LogP contribution is 2.51. The molecule has 1 aliphatic rings. The zero-order valence-corrected chi connectivity index (χ0v) is 29.7. The van der Waals surface area contributed by atoms with Gasteiger partial charge in [-0.2, -0.15) is 0 Å². The van der Waals surface area contributed by atoms with Crippen molar-refractivity contribution in [1.82, 2.24) is 15.0 Å². The highest BCUT2D eigenvalue weighted by atomic mass is 16.3. The topological polar surface area (TPSA) is 56.2 Å². The second-order valence-electron chi connectivity index (χ2n) is 14.3. The molecule has 7 aromatic carbocycles. The van der Waals surface area contributed by atoms with Crippen LogP contribution in [0.25, 0.3) is 94.3 Å². The SMILES string of the molecule is [C-]#[N+]c1ccc(-c2cccc(-c3nc(-c4ccc5c(c4)oc4cccc(-c6ccccc6)c45)nc(-c4cccc5c4-c4ccccc4C5(C)C)n3)c2)cc1. The van der Waals surface area contributed by atoms with E-state index in [1.165, 1.54) is 16.7 Å². The predicted octanol–water partition coefficient (Wildman–Crippen LogP) is 13.0. The zero-order chi connectivity index (χ0) is 36.4. The Morgan fingerprint density at radius 2 is 1.09 bits per heavy atom. The van der Waals surface area contributed by atoms with Crippen molar-refractivity contribution in [2.45, 2.75) is 19.3 Å². The van der Waals surface area contributed by atoms with E-state index in [0.717, 1.165) is 66.4 Å². The van der Waals surface area contributed by atoms with Crippen molar-refractivity contribution in [3.8, 4) is 67.5 Å². The Morgan fingerprint density at radius 1 is 0.481 bits per heavy atom. The third kappa shape index (κ3) is 5.03. The minimum absolute atomic E-state index is 0.164. The van der Waals surface area contributed by atoms with Gasteiger partial charge in [0.05, 0.1) is 6.57 Å². The molecule has 5 nitrogen and oxygen atoms in total. The van der Waals surface area contributed by atoms with Crippen LogP contribution in [0.3, 0.4) is 0 Å². The number of nitrogens with zero attached hydrogens (tertiary/aromatic N) is 4. The molecule has 9 aromatic rings. The average molecular weight is 693 g/mol. The Morgan fingerprint density at radius 3 is 1.91 bits per heavy atom. The predicted molar refractivity (Wildman–Crippen MR) is 218 cm³/mol. The molecule has 0 saturated heterocycles. The van der Waals surface area contributed by atoms with Gasteiger partial charge in [0.25, 0.3) is 0 Å². The van der Waals surface area contributed by atoms with Crippen molar-refractivity contribution >= 4 is 27.6 Å². The number of aromatic nitrogens is 3. The van der Waals surface area contributed by atoms with Crippen LogP contribution >= 0.6 is 0 Å². The van der Waals surface area contributed by atoms with Crippen LogP contribution in [0.2, 0.25) is 0 Å². The fourth-order valence-electron chi connectivity index (χ4n) is 8.08. The van der Waals surface area contributed by atoms with Gasteiger partial charge >= 0.3 is 0 Å². The first kappa shape index (κ1) is 31.6. The minimum Gasteiger partial charge on any atom is -0.456 e. The van der Waals surface area contributed by atoms with Gasteiger partial charge in [-0.3, -0.25) is 0 Å². The Kier molecular flexibility index (Phi) is 7.14. The van der Waals surface area contributed by atoms with Gasteiger partial charge in [-0.25, -0.2) is 19.8 Å². The minimum atomic E-state index is -0.164. The molecule has 1 aliphatic carbocycles. The third-order valence-electron chi connectivity index (χ3n) is 10.8. The first-order valence-corrected chi connectivity index (χ1v) is 18.1. The highest BCUT2D eigenvalue weighted by Gasteiger charge is 2.37. The van der Waals surface area contributed by atoms with Crippen LogP contribution in [0.4, 0.5) is 5.69 Å². The van der Waals surface area contributed by atoms with Gasteiger partial charge in [-0.1, -0.05) is 147 Å². The van der Waals surface area contributed by atoms with Crippen LogP contribution in [-0.2, 0) is 5.41 Å². The summed E-state index contributed by atoms with van der Waals surface area (Å²) in [5.74, 6) is 1.76. The molecule has 5 heteroatoms.